The molecule has 1 aromatic carbocycles. The molecule has 0 saturated carbocycles. The van der Waals surface area contributed by atoms with Crippen molar-refractivity contribution in [2.45, 2.75) is 25.3 Å². The fourth-order valence-corrected chi connectivity index (χ4v) is 2.20. The SMILES string of the molecule is COc1cccnc1C(N)C(C)(C)c1ccccc1. The highest BCUT2D eigenvalue weighted by Gasteiger charge is 2.32. The van der Waals surface area contributed by atoms with Crippen molar-refractivity contribution >= 4 is 0 Å². The molecular formula is C16H20N2O. The predicted molar refractivity (Wildman–Crippen MR) is 77.2 cm³/mol. The number of ether oxygens (including phenoxy) is 1. The van der Waals surface area contributed by atoms with Gasteiger partial charge in [-0.05, 0) is 17.7 Å². The molecule has 1 aromatic heterocycles. The Balaban J connectivity index is 2.40. The fraction of sp³-hybridized carbons (Fsp3) is 0.312. The summed E-state index contributed by atoms with van der Waals surface area (Å²) in [5.74, 6) is 0.735. The van der Waals surface area contributed by atoms with Crippen LogP contribution >= 0.6 is 0 Å². The molecular weight excluding hydrogens is 236 g/mol. The van der Waals surface area contributed by atoms with Crippen molar-refractivity contribution in [2.24, 2.45) is 5.73 Å². The molecule has 0 fully saturated rings. The third kappa shape index (κ3) is 2.61. The third-order valence-electron chi connectivity index (χ3n) is 3.61. The molecule has 0 spiro atoms. The lowest BCUT2D eigenvalue weighted by Gasteiger charge is -2.32. The largest absolute Gasteiger partial charge is 0.495 e. The van der Waals surface area contributed by atoms with Gasteiger partial charge in [-0.3, -0.25) is 4.98 Å². The number of nitrogens with zero attached hydrogens (tertiary/aromatic N) is 1. The predicted octanol–water partition coefficient (Wildman–Crippen LogP) is 3.07. The summed E-state index contributed by atoms with van der Waals surface area (Å²) < 4.78 is 5.35. The molecule has 19 heavy (non-hydrogen) atoms. The number of hydrogen-bond donors (Lipinski definition) is 1. The summed E-state index contributed by atoms with van der Waals surface area (Å²) in [4.78, 5) is 4.39. The lowest BCUT2D eigenvalue weighted by atomic mass is 9.76. The Hall–Kier alpha value is -1.87. The molecule has 0 aliphatic heterocycles. The van der Waals surface area contributed by atoms with Gasteiger partial charge in [0.1, 0.15) is 5.75 Å². The molecule has 2 aromatic rings. The Morgan fingerprint density at radius 1 is 1.11 bits per heavy atom. The van der Waals surface area contributed by atoms with Crippen molar-refractivity contribution in [3.05, 3.63) is 59.9 Å². The van der Waals surface area contributed by atoms with E-state index in [2.05, 4.69) is 31.0 Å². The van der Waals surface area contributed by atoms with Crippen LogP contribution in [0.2, 0.25) is 0 Å². The van der Waals surface area contributed by atoms with E-state index in [4.69, 9.17) is 10.5 Å². The van der Waals surface area contributed by atoms with Crippen LogP contribution in [0.1, 0.15) is 31.1 Å². The van der Waals surface area contributed by atoms with E-state index in [1.54, 1.807) is 13.3 Å². The fourth-order valence-electron chi connectivity index (χ4n) is 2.20. The van der Waals surface area contributed by atoms with Crippen LogP contribution in [0, 0.1) is 0 Å². The number of aromatic nitrogens is 1. The number of hydrogen-bond acceptors (Lipinski definition) is 3. The summed E-state index contributed by atoms with van der Waals surface area (Å²) in [7, 11) is 1.64. The van der Waals surface area contributed by atoms with Gasteiger partial charge >= 0.3 is 0 Å². The summed E-state index contributed by atoms with van der Waals surface area (Å²) in [6.45, 7) is 4.25. The molecule has 0 radical (unpaired) electrons. The highest BCUT2D eigenvalue weighted by atomic mass is 16.5. The number of rotatable bonds is 4. The molecule has 3 nitrogen and oxygen atoms in total. The first kappa shape index (κ1) is 13.6. The van der Waals surface area contributed by atoms with Crippen molar-refractivity contribution in [3.63, 3.8) is 0 Å². The van der Waals surface area contributed by atoms with Crippen molar-refractivity contribution in [3.8, 4) is 5.75 Å². The average molecular weight is 256 g/mol. The Bertz CT molecular complexity index is 537. The highest BCUT2D eigenvalue weighted by Crippen LogP contribution is 2.37. The van der Waals surface area contributed by atoms with Gasteiger partial charge in [0.25, 0.3) is 0 Å². The lowest BCUT2D eigenvalue weighted by molar-refractivity contribution is 0.369. The first-order valence-electron chi connectivity index (χ1n) is 6.37. The molecule has 0 bridgehead atoms. The van der Waals surface area contributed by atoms with E-state index in [-0.39, 0.29) is 11.5 Å². The summed E-state index contributed by atoms with van der Waals surface area (Å²) in [5, 5.41) is 0. The molecule has 0 amide bonds. The second-order valence-electron chi connectivity index (χ2n) is 5.16. The van der Waals surface area contributed by atoms with E-state index in [0.29, 0.717) is 0 Å². The van der Waals surface area contributed by atoms with Gasteiger partial charge in [-0.25, -0.2) is 0 Å². The normalized spacial score (nSPS) is 13.1. The molecule has 1 atom stereocenters. The Morgan fingerprint density at radius 3 is 2.42 bits per heavy atom. The van der Waals surface area contributed by atoms with Crippen molar-refractivity contribution in [2.75, 3.05) is 7.11 Å². The van der Waals surface area contributed by atoms with Crippen molar-refractivity contribution in [1.82, 2.24) is 4.98 Å². The van der Waals surface area contributed by atoms with Gasteiger partial charge in [-0.15, -0.1) is 0 Å². The first-order chi connectivity index (χ1) is 9.07. The van der Waals surface area contributed by atoms with Gasteiger partial charge in [0.2, 0.25) is 0 Å². The Morgan fingerprint density at radius 2 is 1.79 bits per heavy atom. The second kappa shape index (κ2) is 5.41. The van der Waals surface area contributed by atoms with E-state index in [1.165, 1.54) is 5.56 Å². The van der Waals surface area contributed by atoms with Gasteiger partial charge in [-0.2, -0.15) is 0 Å². The molecule has 1 unspecified atom stereocenters. The monoisotopic (exact) mass is 256 g/mol. The third-order valence-corrected chi connectivity index (χ3v) is 3.61. The number of nitrogens with two attached hydrogens (primary N) is 1. The highest BCUT2D eigenvalue weighted by molar-refractivity contribution is 5.35. The van der Waals surface area contributed by atoms with Crippen molar-refractivity contribution < 1.29 is 4.74 Å². The molecule has 2 N–H and O–H groups in total. The van der Waals surface area contributed by atoms with Crippen molar-refractivity contribution in [1.29, 1.82) is 0 Å². The zero-order valence-corrected chi connectivity index (χ0v) is 11.6. The maximum Gasteiger partial charge on any atom is 0.142 e. The lowest BCUT2D eigenvalue weighted by Crippen LogP contribution is -2.34. The zero-order chi connectivity index (χ0) is 13.9. The number of benzene rings is 1. The average Bonchev–Trinajstić information content (AvgIpc) is 2.47. The summed E-state index contributed by atoms with van der Waals surface area (Å²) in [5.41, 5.74) is 8.20. The van der Waals surface area contributed by atoms with Crippen LogP contribution in [0.4, 0.5) is 0 Å². The van der Waals surface area contributed by atoms with Crippen LogP contribution < -0.4 is 10.5 Å². The van der Waals surface area contributed by atoms with Gasteiger partial charge in [-0.1, -0.05) is 44.2 Å². The first-order valence-corrected chi connectivity index (χ1v) is 6.37. The van der Waals surface area contributed by atoms with Crippen LogP contribution in [0.15, 0.2) is 48.7 Å². The van der Waals surface area contributed by atoms with E-state index >= 15 is 0 Å². The Kier molecular flexibility index (Phi) is 3.86. The van der Waals surface area contributed by atoms with E-state index in [9.17, 15) is 0 Å². The molecule has 2 rings (SSSR count). The second-order valence-corrected chi connectivity index (χ2v) is 5.16. The maximum absolute atomic E-state index is 6.44. The summed E-state index contributed by atoms with van der Waals surface area (Å²) >= 11 is 0. The van der Waals surface area contributed by atoms with E-state index in [0.717, 1.165) is 11.4 Å². The molecule has 0 aliphatic rings. The molecule has 1 heterocycles. The summed E-state index contributed by atoms with van der Waals surface area (Å²) in [6, 6.07) is 13.8. The van der Waals surface area contributed by atoms with Crippen LogP contribution in [0.25, 0.3) is 0 Å². The minimum Gasteiger partial charge on any atom is -0.495 e. The smallest absolute Gasteiger partial charge is 0.142 e. The van der Waals surface area contributed by atoms with Crippen LogP contribution in [-0.4, -0.2) is 12.1 Å². The van der Waals surface area contributed by atoms with E-state index in [1.807, 2.05) is 30.3 Å². The van der Waals surface area contributed by atoms with Gasteiger partial charge in [0, 0.05) is 11.6 Å². The number of pyridine rings is 1. The van der Waals surface area contributed by atoms with E-state index < -0.39 is 0 Å². The molecule has 100 valence electrons. The minimum atomic E-state index is -0.231. The maximum atomic E-state index is 6.44. The van der Waals surface area contributed by atoms with Gasteiger partial charge < -0.3 is 10.5 Å². The van der Waals surface area contributed by atoms with Crippen LogP contribution in [0.3, 0.4) is 0 Å². The topological polar surface area (TPSA) is 48.1 Å². The van der Waals surface area contributed by atoms with Gasteiger partial charge in [0.15, 0.2) is 0 Å². The molecule has 0 saturated heterocycles. The summed E-state index contributed by atoms with van der Waals surface area (Å²) in [6.07, 6.45) is 1.75. The quantitative estimate of drug-likeness (QED) is 0.914. The standard InChI is InChI=1S/C16H20N2O/c1-16(2,12-8-5-4-6-9-12)15(17)14-13(19-3)10-7-11-18-14/h4-11,15H,17H2,1-3H3. The molecule has 0 aliphatic carbocycles. The Labute approximate surface area is 114 Å². The minimum absolute atomic E-state index is 0.219. The van der Waals surface area contributed by atoms with Crippen LogP contribution in [-0.2, 0) is 5.41 Å². The van der Waals surface area contributed by atoms with Crippen LogP contribution in [0.5, 0.6) is 5.75 Å². The van der Waals surface area contributed by atoms with Gasteiger partial charge in [0.05, 0.1) is 18.8 Å². The molecule has 3 heteroatoms. The number of methoxy groups -OCH3 is 1. The zero-order valence-electron chi connectivity index (χ0n) is 11.6.